The van der Waals surface area contributed by atoms with E-state index in [1.54, 1.807) is 20.0 Å². The van der Waals surface area contributed by atoms with Gasteiger partial charge in [0.2, 0.25) is 0 Å². The molecule has 3 rings (SSSR count). The number of phenolic OH excluding ortho intramolecular Hbond substituents is 1. The van der Waals surface area contributed by atoms with Crippen LogP contribution in [0.4, 0.5) is 5.82 Å². The highest BCUT2D eigenvalue weighted by atomic mass is 16.3. The van der Waals surface area contributed by atoms with E-state index in [9.17, 15) is 14.7 Å². The minimum atomic E-state index is -0.455. The number of carbonyl (C=O) groups excluding carboxylic acids is 2. The summed E-state index contributed by atoms with van der Waals surface area (Å²) in [6.45, 7) is 11.7. The maximum atomic E-state index is 12.7. The Hall–Kier alpha value is -3.22. The number of aromatic hydroxyl groups is 1. The SMILES string of the molecule is C/C=C/CCC.CC.CNC(=O)c1cc(C(=O)Nc2nc(C)ncc2C2CC2)c(C)cc1O. The Labute approximate surface area is 197 Å². The van der Waals surface area contributed by atoms with Gasteiger partial charge in [-0.1, -0.05) is 39.3 Å². The minimum Gasteiger partial charge on any atom is -0.507 e. The van der Waals surface area contributed by atoms with Crippen LogP contribution in [0.1, 0.15) is 97.0 Å². The maximum absolute atomic E-state index is 12.7. The van der Waals surface area contributed by atoms with Crippen molar-refractivity contribution in [2.75, 3.05) is 12.4 Å². The van der Waals surface area contributed by atoms with Crippen molar-refractivity contribution >= 4 is 17.6 Å². The Morgan fingerprint density at radius 3 is 2.33 bits per heavy atom. The number of benzene rings is 1. The standard InChI is InChI=1S/C18H20N4O3.C6H12.C2H6/c1-9-6-15(23)13(17(24)19-3)7-12(9)18(25)22-16-14(11-4-5-11)8-20-10(2)21-16;1-3-5-6-4-2;1-2/h6-8,11,23H,4-5H2,1-3H3,(H,19,24)(H,20,21,22,25);3,5H,4,6H2,1-2H3;1-2H3/b;5-3+;. The maximum Gasteiger partial charge on any atom is 0.257 e. The zero-order valence-corrected chi connectivity index (χ0v) is 21.0. The van der Waals surface area contributed by atoms with Gasteiger partial charge in [-0.25, -0.2) is 9.97 Å². The first-order chi connectivity index (χ1) is 15.8. The number of unbranched alkanes of at least 4 members (excludes halogenated alkanes) is 1. The number of aromatic nitrogens is 2. The van der Waals surface area contributed by atoms with Crippen molar-refractivity contribution in [3.8, 4) is 5.75 Å². The monoisotopic (exact) mass is 454 g/mol. The molecule has 0 saturated heterocycles. The fourth-order valence-corrected chi connectivity index (χ4v) is 3.03. The number of nitrogens with zero attached hydrogens (tertiary/aromatic N) is 2. The van der Waals surface area contributed by atoms with E-state index in [1.165, 1.54) is 32.0 Å². The first-order valence-electron chi connectivity index (χ1n) is 11.6. The van der Waals surface area contributed by atoms with E-state index in [0.29, 0.717) is 28.7 Å². The third-order valence-electron chi connectivity index (χ3n) is 4.94. The van der Waals surface area contributed by atoms with E-state index >= 15 is 0 Å². The van der Waals surface area contributed by atoms with Gasteiger partial charge in [0.05, 0.1) is 5.56 Å². The molecule has 0 spiro atoms. The average Bonchev–Trinajstić information content (AvgIpc) is 3.64. The van der Waals surface area contributed by atoms with Crippen LogP contribution in [0, 0.1) is 13.8 Å². The fourth-order valence-electron chi connectivity index (χ4n) is 3.03. The number of aryl methyl sites for hydroxylation is 2. The zero-order chi connectivity index (χ0) is 25.0. The van der Waals surface area contributed by atoms with Crippen LogP contribution in [0.25, 0.3) is 0 Å². The molecule has 180 valence electrons. The number of allylic oxidation sites excluding steroid dienone is 2. The molecule has 0 bridgehead atoms. The summed E-state index contributed by atoms with van der Waals surface area (Å²) in [6, 6.07) is 2.80. The Morgan fingerprint density at radius 2 is 1.82 bits per heavy atom. The highest BCUT2D eigenvalue weighted by Crippen LogP contribution is 2.42. The number of hydrogen-bond acceptors (Lipinski definition) is 5. The van der Waals surface area contributed by atoms with E-state index < -0.39 is 5.91 Å². The van der Waals surface area contributed by atoms with Gasteiger partial charge < -0.3 is 15.7 Å². The molecule has 33 heavy (non-hydrogen) atoms. The summed E-state index contributed by atoms with van der Waals surface area (Å²) >= 11 is 0. The average molecular weight is 455 g/mol. The molecule has 0 radical (unpaired) electrons. The minimum absolute atomic E-state index is 0.0551. The molecule has 1 aliphatic rings. The lowest BCUT2D eigenvalue weighted by molar-refractivity contribution is 0.0960. The van der Waals surface area contributed by atoms with Crippen LogP contribution in [0.15, 0.2) is 30.5 Å². The quantitative estimate of drug-likeness (QED) is 0.487. The molecule has 3 N–H and O–H groups in total. The summed E-state index contributed by atoms with van der Waals surface area (Å²) in [4.78, 5) is 33.1. The first kappa shape index (κ1) is 27.8. The Balaban J connectivity index is 0.000000593. The van der Waals surface area contributed by atoms with Gasteiger partial charge in [0.15, 0.2) is 0 Å². The highest BCUT2D eigenvalue weighted by molar-refractivity contribution is 6.07. The van der Waals surface area contributed by atoms with Crippen molar-refractivity contribution in [1.82, 2.24) is 15.3 Å². The molecular weight excluding hydrogens is 416 g/mol. The molecule has 7 nitrogen and oxygen atoms in total. The van der Waals surface area contributed by atoms with Crippen molar-refractivity contribution in [3.05, 3.63) is 58.6 Å². The lowest BCUT2D eigenvalue weighted by atomic mass is 10.0. The van der Waals surface area contributed by atoms with Crippen LogP contribution < -0.4 is 10.6 Å². The molecular formula is C26H38N4O3. The van der Waals surface area contributed by atoms with Crippen molar-refractivity contribution in [3.63, 3.8) is 0 Å². The summed E-state index contributed by atoms with van der Waals surface area (Å²) < 4.78 is 0. The number of hydrogen-bond donors (Lipinski definition) is 3. The lowest BCUT2D eigenvalue weighted by Gasteiger charge is -2.13. The van der Waals surface area contributed by atoms with Crippen LogP contribution in [-0.2, 0) is 0 Å². The molecule has 7 heteroatoms. The molecule has 1 saturated carbocycles. The number of anilines is 1. The van der Waals surface area contributed by atoms with E-state index in [0.717, 1.165) is 18.4 Å². The van der Waals surface area contributed by atoms with Crippen LogP contribution in [-0.4, -0.2) is 33.9 Å². The predicted molar refractivity (Wildman–Crippen MR) is 134 cm³/mol. The van der Waals surface area contributed by atoms with Gasteiger partial charge in [-0.05, 0) is 63.6 Å². The Morgan fingerprint density at radius 1 is 1.15 bits per heavy atom. The molecule has 2 amide bonds. The van der Waals surface area contributed by atoms with Gasteiger partial charge >= 0.3 is 0 Å². The number of nitrogens with one attached hydrogen (secondary N) is 2. The summed E-state index contributed by atoms with van der Waals surface area (Å²) in [7, 11) is 1.47. The number of carbonyl (C=O) groups is 2. The Bertz CT molecular complexity index is 966. The predicted octanol–water partition coefficient (Wildman–Crippen LogP) is 5.68. The molecule has 2 aromatic rings. The number of phenols is 1. The van der Waals surface area contributed by atoms with Gasteiger partial charge in [-0.15, -0.1) is 0 Å². The van der Waals surface area contributed by atoms with Gasteiger partial charge in [0.25, 0.3) is 11.8 Å². The molecule has 1 aromatic carbocycles. The molecule has 0 aliphatic heterocycles. The third kappa shape index (κ3) is 8.33. The second-order valence-corrected chi connectivity index (χ2v) is 7.57. The lowest BCUT2D eigenvalue weighted by Crippen LogP contribution is -2.21. The highest BCUT2D eigenvalue weighted by Gasteiger charge is 2.28. The molecule has 1 fully saturated rings. The van der Waals surface area contributed by atoms with Crippen molar-refractivity contribution < 1.29 is 14.7 Å². The van der Waals surface area contributed by atoms with Crippen LogP contribution >= 0.6 is 0 Å². The van der Waals surface area contributed by atoms with Crippen molar-refractivity contribution in [1.29, 1.82) is 0 Å². The second kappa shape index (κ2) is 14.0. The van der Waals surface area contributed by atoms with Gasteiger partial charge in [-0.3, -0.25) is 9.59 Å². The van der Waals surface area contributed by atoms with E-state index in [1.807, 2.05) is 13.8 Å². The zero-order valence-electron chi connectivity index (χ0n) is 21.0. The van der Waals surface area contributed by atoms with Crippen molar-refractivity contribution in [2.45, 2.75) is 73.1 Å². The molecule has 0 atom stereocenters. The number of amides is 2. The smallest absolute Gasteiger partial charge is 0.257 e. The summed E-state index contributed by atoms with van der Waals surface area (Å²) in [5, 5.41) is 15.2. The van der Waals surface area contributed by atoms with Gasteiger partial charge in [-0.2, -0.15) is 0 Å². The van der Waals surface area contributed by atoms with Gasteiger partial charge in [0.1, 0.15) is 17.4 Å². The first-order valence-corrected chi connectivity index (χ1v) is 11.6. The number of rotatable bonds is 6. The van der Waals surface area contributed by atoms with Crippen LogP contribution in [0.2, 0.25) is 0 Å². The van der Waals surface area contributed by atoms with E-state index in [-0.39, 0.29) is 17.2 Å². The van der Waals surface area contributed by atoms with E-state index in [2.05, 4.69) is 46.6 Å². The molecule has 1 aliphatic carbocycles. The summed E-state index contributed by atoms with van der Waals surface area (Å²) in [6.07, 6.45) is 10.7. The summed E-state index contributed by atoms with van der Waals surface area (Å²) in [5.74, 6) is 0.482. The van der Waals surface area contributed by atoms with E-state index in [4.69, 9.17) is 0 Å². The van der Waals surface area contributed by atoms with Crippen molar-refractivity contribution in [2.24, 2.45) is 0 Å². The fraction of sp³-hybridized carbons (Fsp3) is 0.462. The van der Waals surface area contributed by atoms with Gasteiger partial charge in [0, 0.05) is 24.4 Å². The van der Waals surface area contributed by atoms with Crippen LogP contribution in [0.5, 0.6) is 5.75 Å². The topological polar surface area (TPSA) is 104 Å². The molecule has 1 heterocycles. The summed E-state index contributed by atoms with van der Waals surface area (Å²) in [5.41, 5.74) is 1.87. The third-order valence-corrected chi connectivity index (χ3v) is 4.94. The van der Waals surface area contributed by atoms with Crippen LogP contribution in [0.3, 0.4) is 0 Å². The largest absolute Gasteiger partial charge is 0.507 e. The molecule has 0 unspecified atom stereocenters. The Kier molecular flexibility index (Phi) is 11.8. The molecule has 1 aromatic heterocycles. The second-order valence-electron chi connectivity index (χ2n) is 7.57. The normalized spacial score (nSPS) is 12.2.